The molecule has 0 bridgehead atoms. The zero-order valence-electron chi connectivity index (χ0n) is 24.5. The molecule has 0 aromatic heterocycles. The van der Waals surface area contributed by atoms with Crippen LogP contribution in [0, 0.1) is 5.41 Å². The van der Waals surface area contributed by atoms with Gasteiger partial charge < -0.3 is 20.3 Å². The summed E-state index contributed by atoms with van der Waals surface area (Å²) in [6.07, 6.45) is 11.1. The molecule has 3 N–H and O–H groups in total. The number of hydrazine groups is 1. The number of aliphatic imine (C=N–C) groups is 1. The number of likely N-dealkylation sites (tertiary alicyclic amines) is 1. The van der Waals surface area contributed by atoms with Gasteiger partial charge in [0.1, 0.15) is 12.2 Å². The summed E-state index contributed by atoms with van der Waals surface area (Å²) in [6, 6.07) is -0.465. The molecule has 220 valence electrons. The lowest BCUT2D eigenvalue weighted by atomic mass is 9.74. The van der Waals surface area contributed by atoms with E-state index in [1.165, 1.54) is 11.9 Å². The molecule has 1 fully saturated rings. The van der Waals surface area contributed by atoms with Crippen molar-refractivity contribution in [3.63, 3.8) is 0 Å². The Kier molecular flexibility index (Phi) is 11.3. The first kappa shape index (κ1) is 31.3. The van der Waals surface area contributed by atoms with Crippen LogP contribution in [0.4, 0.5) is 0 Å². The van der Waals surface area contributed by atoms with E-state index in [1.54, 1.807) is 6.20 Å². The molecule has 1 spiro atoms. The van der Waals surface area contributed by atoms with Crippen molar-refractivity contribution in [1.82, 2.24) is 26.0 Å². The van der Waals surface area contributed by atoms with Gasteiger partial charge in [-0.05, 0) is 77.8 Å². The first-order chi connectivity index (χ1) is 19.2. The van der Waals surface area contributed by atoms with E-state index < -0.39 is 17.6 Å². The molecule has 2 heterocycles. The molecule has 3 unspecified atom stereocenters. The second-order valence-electron chi connectivity index (χ2n) is 10.8. The molecular formula is C30H46N6O4. The van der Waals surface area contributed by atoms with Crippen LogP contribution in [0.3, 0.4) is 0 Å². The lowest BCUT2D eigenvalue weighted by molar-refractivity contribution is -0.136. The number of ether oxygens (including phenoxy) is 1. The zero-order valence-corrected chi connectivity index (χ0v) is 24.5. The van der Waals surface area contributed by atoms with E-state index in [0.717, 1.165) is 37.0 Å². The largest absolute Gasteiger partial charge is 0.391 e. The topological polar surface area (TPSA) is 115 Å². The van der Waals surface area contributed by atoms with Gasteiger partial charge in [-0.25, -0.2) is 5.43 Å². The van der Waals surface area contributed by atoms with Gasteiger partial charge in [0.2, 0.25) is 5.91 Å². The second kappa shape index (κ2) is 14.4. The number of allylic oxidation sites excluding steroid dienone is 2. The molecule has 0 aromatic carbocycles. The maximum atomic E-state index is 14.3. The molecule has 40 heavy (non-hydrogen) atoms. The number of nitrogens with one attached hydrogen (secondary N) is 3. The van der Waals surface area contributed by atoms with Gasteiger partial charge in [0.15, 0.2) is 5.78 Å². The monoisotopic (exact) mass is 554 g/mol. The Morgan fingerprint density at radius 3 is 2.67 bits per heavy atom. The minimum absolute atomic E-state index is 0.00393. The number of amides is 2. The molecule has 2 aliphatic heterocycles. The molecule has 0 radical (unpaired) electrons. The molecule has 2 amide bonds. The average Bonchev–Trinajstić information content (AvgIpc) is 3.23. The third-order valence-electron chi connectivity index (χ3n) is 8.27. The third kappa shape index (κ3) is 7.09. The summed E-state index contributed by atoms with van der Waals surface area (Å²) in [5.41, 5.74) is 5.36. The Hall–Kier alpha value is -3.24. The minimum Gasteiger partial charge on any atom is -0.391 e. The van der Waals surface area contributed by atoms with Crippen LogP contribution in [0.15, 0.2) is 52.8 Å². The molecule has 10 nitrogen and oxygen atoms in total. The Morgan fingerprint density at radius 2 is 2.08 bits per heavy atom. The van der Waals surface area contributed by atoms with Crippen LogP contribution in [0.25, 0.3) is 0 Å². The predicted octanol–water partition coefficient (Wildman–Crippen LogP) is 2.61. The minimum atomic E-state index is -0.536. The highest BCUT2D eigenvalue weighted by atomic mass is 16.5. The van der Waals surface area contributed by atoms with E-state index in [1.807, 2.05) is 37.1 Å². The zero-order chi connectivity index (χ0) is 29.3. The molecule has 4 atom stereocenters. The Labute approximate surface area is 238 Å². The van der Waals surface area contributed by atoms with Crippen LogP contribution in [-0.2, 0) is 19.1 Å². The quantitative estimate of drug-likeness (QED) is 0.193. The predicted molar refractivity (Wildman–Crippen MR) is 157 cm³/mol. The fourth-order valence-electron chi connectivity index (χ4n) is 6.11. The van der Waals surface area contributed by atoms with Crippen LogP contribution < -0.4 is 16.1 Å². The normalized spacial score (nSPS) is 24.8. The Balaban J connectivity index is 1.91. The smallest absolute Gasteiger partial charge is 0.266 e. The molecule has 0 aromatic rings. The van der Waals surface area contributed by atoms with Gasteiger partial charge in [0.25, 0.3) is 5.91 Å². The summed E-state index contributed by atoms with van der Waals surface area (Å²) in [7, 11) is 1.84. The van der Waals surface area contributed by atoms with Crippen molar-refractivity contribution in [3.8, 4) is 0 Å². The molecule has 10 heteroatoms. The summed E-state index contributed by atoms with van der Waals surface area (Å²) >= 11 is 0. The van der Waals surface area contributed by atoms with Crippen molar-refractivity contribution in [2.75, 3.05) is 33.4 Å². The first-order valence-corrected chi connectivity index (χ1v) is 14.2. The molecule has 3 rings (SSSR count). The van der Waals surface area contributed by atoms with Crippen molar-refractivity contribution >= 4 is 24.3 Å². The van der Waals surface area contributed by atoms with Crippen LogP contribution >= 0.6 is 0 Å². The Morgan fingerprint density at radius 1 is 1.30 bits per heavy atom. The summed E-state index contributed by atoms with van der Waals surface area (Å²) in [4.78, 5) is 46.3. The molecular weight excluding hydrogens is 508 g/mol. The average molecular weight is 555 g/mol. The lowest BCUT2D eigenvalue weighted by Crippen LogP contribution is -2.52. The highest BCUT2D eigenvalue weighted by molar-refractivity contribution is 5.98. The van der Waals surface area contributed by atoms with Gasteiger partial charge >= 0.3 is 0 Å². The van der Waals surface area contributed by atoms with E-state index in [0.29, 0.717) is 38.2 Å². The van der Waals surface area contributed by atoms with Crippen molar-refractivity contribution in [2.24, 2.45) is 10.4 Å². The summed E-state index contributed by atoms with van der Waals surface area (Å²) in [6.45, 7) is 14.4. The number of rotatable bonds is 12. The van der Waals surface area contributed by atoms with Crippen LogP contribution in [-0.4, -0.2) is 85.8 Å². The molecule has 3 aliphatic rings. The van der Waals surface area contributed by atoms with E-state index in [-0.39, 0.29) is 30.2 Å². The first-order valence-electron chi connectivity index (χ1n) is 14.2. The molecule has 1 aliphatic carbocycles. The van der Waals surface area contributed by atoms with Crippen molar-refractivity contribution in [2.45, 2.75) is 77.5 Å². The number of nitrogens with zero attached hydrogens (tertiary/aromatic N) is 3. The van der Waals surface area contributed by atoms with Crippen molar-refractivity contribution < 1.29 is 19.1 Å². The fourth-order valence-corrected chi connectivity index (χ4v) is 6.11. The SMILES string of the molecule is C=CNC(/C=C\C)C(=O)N1CC[C@@]2(CCC(NC)=C2C(=O)N(CC(C)=O)NC(N=C)C2=CCOCC2)CCC1C. The van der Waals surface area contributed by atoms with Crippen LogP contribution in [0.1, 0.15) is 59.3 Å². The number of carbonyl (C=O) groups is 3. The standard InChI is InChI=1S/C30H46N6O4/c1-7-9-25(33-8-2)28(38)35-17-16-30(14-10-21(35)3)15-11-24(31-5)26(30)29(39)36(20-22(4)37)34-27(32-6)23-12-18-40-19-13-23/h7-9,12,21,25,27,31,33-34H,2,6,10-11,13-20H2,1,3-5H3/b9-7-/t21?,25?,27?,30-/m0/s1. The molecule has 0 saturated carbocycles. The maximum absolute atomic E-state index is 14.3. The van der Waals surface area contributed by atoms with E-state index >= 15 is 0 Å². The lowest BCUT2D eigenvalue weighted by Gasteiger charge is -2.35. The number of Topliss-reactive ketones (excluding diaryl/α,β-unsaturated/α-hetero) is 1. The van der Waals surface area contributed by atoms with Gasteiger partial charge in [0, 0.05) is 36.3 Å². The summed E-state index contributed by atoms with van der Waals surface area (Å²) in [5.74, 6) is -0.374. The van der Waals surface area contributed by atoms with Gasteiger partial charge in [-0.3, -0.25) is 24.4 Å². The molecule has 1 saturated heterocycles. The van der Waals surface area contributed by atoms with E-state index in [2.05, 4.69) is 41.3 Å². The van der Waals surface area contributed by atoms with Crippen molar-refractivity contribution in [3.05, 3.63) is 47.9 Å². The number of hydrogen-bond acceptors (Lipinski definition) is 8. The van der Waals surface area contributed by atoms with Crippen LogP contribution in [0.2, 0.25) is 0 Å². The second-order valence-corrected chi connectivity index (χ2v) is 10.8. The fraction of sp³-hybridized carbons (Fsp3) is 0.600. The highest BCUT2D eigenvalue weighted by Crippen LogP contribution is 2.50. The summed E-state index contributed by atoms with van der Waals surface area (Å²) < 4.78 is 5.43. The van der Waals surface area contributed by atoms with Gasteiger partial charge in [-0.1, -0.05) is 24.8 Å². The van der Waals surface area contributed by atoms with Gasteiger partial charge in [-0.2, -0.15) is 0 Å². The third-order valence-corrected chi connectivity index (χ3v) is 8.27. The summed E-state index contributed by atoms with van der Waals surface area (Å²) in [5, 5.41) is 7.72. The van der Waals surface area contributed by atoms with E-state index in [4.69, 9.17) is 4.74 Å². The van der Waals surface area contributed by atoms with E-state index in [9.17, 15) is 14.4 Å². The van der Waals surface area contributed by atoms with Gasteiger partial charge in [0.05, 0.1) is 19.8 Å². The number of ketones is 1. The Bertz CT molecular complexity index is 1070. The van der Waals surface area contributed by atoms with Crippen LogP contribution in [0.5, 0.6) is 0 Å². The van der Waals surface area contributed by atoms with Gasteiger partial charge in [-0.15, -0.1) is 0 Å². The number of hydrogen-bond donors (Lipinski definition) is 3. The highest BCUT2D eigenvalue weighted by Gasteiger charge is 2.48. The number of carbonyl (C=O) groups excluding carboxylic acids is 3. The maximum Gasteiger partial charge on any atom is 0.266 e. The van der Waals surface area contributed by atoms with Crippen molar-refractivity contribution in [1.29, 1.82) is 0 Å².